The first kappa shape index (κ1) is 13.6. The van der Waals surface area contributed by atoms with Crippen LogP contribution in [0, 0.1) is 0 Å². The van der Waals surface area contributed by atoms with Gasteiger partial charge in [-0.1, -0.05) is 16.8 Å². The zero-order valence-electron chi connectivity index (χ0n) is 10.2. The number of nitrogens with zero attached hydrogens (tertiary/aromatic N) is 4. The predicted octanol–water partition coefficient (Wildman–Crippen LogP) is -0.708. The zero-order chi connectivity index (χ0) is 13.8. The third-order valence-electron chi connectivity index (χ3n) is 2.96. The van der Waals surface area contributed by atoms with Crippen LogP contribution in [-0.4, -0.2) is 58.6 Å². The Morgan fingerprint density at radius 1 is 1.53 bits per heavy atom. The maximum atomic E-state index is 11.4. The fourth-order valence-corrected chi connectivity index (χ4v) is 2.20. The summed E-state index contributed by atoms with van der Waals surface area (Å²) >= 11 is 5.94. The third kappa shape index (κ3) is 3.15. The molecule has 4 N–H and O–H groups in total. The Balaban J connectivity index is 2.00. The molecule has 1 aromatic rings. The highest BCUT2D eigenvalue weighted by molar-refractivity contribution is 6.32. The van der Waals surface area contributed by atoms with Gasteiger partial charge in [0, 0.05) is 26.2 Å². The zero-order valence-corrected chi connectivity index (χ0v) is 11.0. The summed E-state index contributed by atoms with van der Waals surface area (Å²) in [5.74, 6) is 0.676. The van der Waals surface area contributed by atoms with Crippen molar-refractivity contribution < 1.29 is 5.21 Å². The van der Waals surface area contributed by atoms with Crippen LogP contribution in [0.3, 0.4) is 0 Å². The molecule has 1 saturated heterocycles. The van der Waals surface area contributed by atoms with Crippen LogP contribution in [0.2, 0.25) is 5.02 Å². The van der Waals surface area contributed by atoms with E-state index in [9.17, 15) is 4.79 Å². The summed E-state index contributed by atoms with van der Waals surface area (Å²) in [6.07, 6.45) is 1.34. The van der Waals surface area contributed by atoms with Crippen molar-refractivity contribution in [1.29, 1.82) is 0 Å². The molecule has 8 nitrogen and oxygen atoms in total. The molecule has 0 aliphatic carbocycles. The van der Waals surface area contributed by atoms with Crippen molar-refractivity contribution in [1.82, 2.24) is 14.9 Å². The van der Waals surface area contributed by atoms with Crippen molar-refractivity contribution in [2.75, 3.05) is 37.6 Å². The predicted molar refractivity (Wildman–Crippen MR) is 71.9 cm³/mol. The van der Waals surface area contributed by atoms with Gasteiger partial charge in [0.05, 0.1) is 12.9 Å². The molecular weight excluding hydrogens is 272 g/mol. The normalized spacial score (nSPS) is 17.7. The molecule has 104 valence electrons. The number of amidine groups is 1. The number of aromatic amines is 1. The van der Waals surface area contributed by atoms with E-state index in [1.807, 2.05) is 9.80 Å². The molecule has 1 aliphatic rings. The van der Waals surface area contributed by atoms with Crippen molar-refractivity contribution in [3.63, 3.8) is 0 Å². The highest BCUT2D eigenvalue weighted by Crippen LogP contribution is 2.19. The van der Waals surface area contributed by atoms with E-state index in [2.05, 4.69) is 15.1 Å². The van der Waals surface area contributed by atoms with Crippen LogP contribution in [0.15, 0.2) is 16.3 Å². The minimum Gasteiger partial charge on any atom is -0.409 e. The lowest BCUT2D eigenvalue weighted by Crippen LogP contribution is -2.49. The lowest BCUT2D eigenvalue weighted by molar-refractivity contribution is 0.278. The molecular formula is C10H15ClN6O2. The van der Waals surface area contributed by atoms with Crippen LogP contribution in [0.25, 0.3) is 0 Å². The molecule has 2 heterocycles. The van der Waals surface area contributed by atoms with Crippen molar-refractivity contribution in [3.05, 3.63) is 21.7 Å². The van der Waals surface area contributed by atoms with Gasteiger partial charge < -0.3 is 20.8 Å². The van der Waals surface area contributed by atoms with Crippen molar-refractivity contribution in [3.8, 4) is 0 Å². The van der Waals surface area contributed by atoms with E-state index >= 15 is 0 Å². The summed E-state index contributed by atoms with van der Waals surface area (Å²) in [7, 11) is 0. The summed E-state index contributed by atoms with van der Waals surface area (Å²) < 4.78 is 0. The molecule has 2 rings (SSSR count). The molecule has 19 heavy (non-hydrogen) atoms. The summed E-state index contributed by atoms with van der Waals surface area (Å²) in [6, 6.07) is 0. The fourth-order valence-electron chi connectivity index (χ4n) is 1.97. The Morgan fingerprint density at radius 2 is 2.21 bits per heavy atom. The van der Waals surface area contributed by atoms with Gasteiger partial charge in [0.25, 0.3) is 5.56 Å². The summed E-state index contributed by atoms with van der Waals surface area (Å²) in [4.78, 5) is 21.9. The molecule has 0 saturated carbocycles. The van der Waals surface area contributed by atoms with Gasteiger partial charge in [-0.05, 0) is 0 Å². The lowest BCUT2D eigenvalue weighted by atomic mass is 10.3. The first-order valence-electron chi connectivity index (χ1n) is 5.78. The monoisotopic (exact) mass is 286 g/mol. The van der Waals surface area contributed by atoms with Crippen molar-refractivity contribution >= 4 is 23.3 Å². The molecule has 0 unspecified atom stereocenters. The largest absolute Gasteiger partial charge is 0.409 e. The number of nitrogens with one attached hydrogen (secondary N) is 1. The van der Waals surface area contributed by atoms with E-state index in [0.29, 0.717) is 25.5 Å². The van der Waals surface area contributed by atoms with Gasteiger partial charge in [0.1, 0.15) is 5.02 Å². The van der Waals surface area contributed by atoms with Gasteiger partial charge >= 0.3 is 0 Å². The molecule has 0 radical (unpaired) electrons. The van der Waals surface area contributed by atoms with E-state index < -0.39 is 0 Å². The number of halogens is 1. The number of nitrogens with two attached hydrogens (primary N) is 1. The number of rotatable bonds is 3. The SMILES string of the molecule is NC(CN1CCN(c2nc[nH]c(=O)c2Cl)CC1)=NO. The second kappa shape index (κ2) is 5.89. The molecule has 0 bridgehead atoms. The average Bonchev–Trinajstić information content (AvgIpc) is 2.43. The lowest BCUT2D eigenvalue weighted by Gasteiger charge is -2.35. The Kier molecular flexibility index (Phi) is 4.23. The first-order valence-corrected chi connectivity index (χ1v) is 6.16. The quantitative estimate of drug-likeness (QED) is 0.293. The molecule has 0 amide bonds. The van der Waals surface area contributed by atoms with E-state index in [-0.39, 0.29) is 16.4 Å². The van der Waals surface area contributed by atoms with E-state index in [1.165, 1.54) is 6.33 Å². The Bertz CT molecular complexity index is 523. The summed E-state index contributed by atoms with van der Waals surface area (Å²) in [6.45, 7) is 3.21. The van der Waals surface area contributed by atoms with Gasteiger partial charge in [-0.15, -0.1) is 0 Å². The summed E-state index contributed by atoms with van der Waals surface area (Å²) in [5.41, 5.74) is 5.12. The molecule has 1 aliphatic heterocycles. The van der Waals surface area contributed by atoms with Gasteiger partial charge in [-0.3, -0.25) is 9.69 Å². The van der Waals surface area contributed by atoms with Gasteiger partial charge in [-0.2, -0.15) is 0 Å². The minimum atomic E-state index is -0.342. The number of aromatic nitrogens is 2. The van der Waals surface area contributed by atoms with Crippen LogP contribution in [0.4, 0.5) is 5.82 Å². The fraction of sp³-hybridized carbons (Fsp3) is 0.500. The van der Waals surface area contributed by atoms with Crippen LogP contribution < -0.4 is 16.2 Å². The highest BCUT2D eigenvalue weighted by atomic mass is 35.5. The number of hydrogen-bond acceptors (Lipinski definition) is 6. The number of H-pyrrole nitrogens is 1. The molecule has 0 atom stereocenters. The van der Waals surface area contributed by atoms with Crippen LogP contribution in [-0.2, 0) is 0 Å². The van der Waals surface area contributed by atoms with E-state index in [0.717, 1.165) is 13.1 Å². The number of piperazine rings is 1. The molecule has 9 heteroatoms. The second-order valence-corrected chi connectivity index (χ2v) is 4.60. The first-order chi connectivity index (χ1) is 9.11. The Hall–Kier alpha value is -1.80. The Labute approximate surface area is 114 Å². The van der Waals surface area contributed by atoms with Crippen LogP contribution in [0.5, 0.6) is 0 Å². The summed E-state index contributed by atoms with van der Waals surface area (Å²) in [5, 5.41) is 11.6. The average molecular weight is 287 g/mol. The molecule has 0 spiro atoms. The minimum absolute atomic E-state index is 0.104. The van der Waals surface area contributed by atoms with Crippen molar-refractivity contribution in [2.24, 2.45) is 10.9 Å². The smallest absolute Gasteiger partial charge is 0.271 e. The second-order valence-electron chi connectivity index (χ2n) is 4.22. The molecule has 1 fully saturated rings. The van der Waals surface area contributed by atoms with E-state index in [1.54, 1.807) is 0 Å². The highest BCUT2D eigenvalue weighted by Gasteiger charge is 2.21. The molecule has 0 aromatic carbocycles. The topological polar surface area (TPSA) is 111 Å². The van der Waals surface area contributed by atoms with Gasteiger partial charge in [0.2, 0.25) is 0 Å². The number of oxime groups is 1. The Morgan fingerprint density at radius 3 is 2.84 bits per heavy atom. The molecule has 1 aromatic heterocycles. The van der Waals surface area contributed by atoms with Crippen LogP contribution in [0.1, 0.15) is 0 Å². The van der Waals surface area contributed by atoms with Crippen molar-refractivity contribution in [2.45, 2.75) is 0 Å². The maximum Gasteiger partial charge on any atom is 0.271 e. The van der Waals surface area contributed by atoms with E-state index in [4.69, 9.17) is 22.5 Å². The maximum absolute atomic E-state index is 11.4. The van der Waals surface area contributed by atoms with Gasteiger partial charge in [-0.25, -0.2) is 4.98 Å². The van der Waals surface area contributed by atoms with Crippen LogP contribution >= 0.6 is 11.6 Å². The van der Waals surface area contributed by atoms with Gasteiger partial charge in [0.15, 0.2) is 11.7 Å². The number of anilines is 1. The standard InChI is InChI=1S/C10H15ClN6O2/c11-8-9(13-6-14-10(8)18)17-3-1-16(2-4-17)5-7(12)15-19/h6,19H,1-5H2,(H2,12,15)(H,13,14,18). The number of hydrogen-bond donors (Lipinski definition) is 3. The third-order valence-corrected chi connectivity index (χ3v) is 3.30.